The lowest BCUT2D eigenvalue weighted by Crippen LogP contribution is -2.07. The SMILES string of the molecule is C=C=Cc1c(-c2ccc(N(C)C)cc2)sc2c1c1sc(-c3ccc(N(C)C)cc3)c(C=C=C)c1c1sc(-c3ccc(N(C)C)cc3)c(C=C=C)c21. The molecule has 0 aliphatic heterocycles. The molecular weight excluding hydrogens is 679 g/mol. The van der Waals surface area contributed by atoms with Crippen LogP contribution in [0.2, 0.25) is 0 Å². The van der Waals surface area contributed by atoms with Crippen molar-refractivity contribution >= 4 is 99.6 Å². The van der Waals surface area contributed by atoms with Crippen molar-refractivity contribution in [1.82, 2.24) is 0 Å². The van der Waals surface area contributed by atoms with Crippen molar-refractivity contribution in [2.75, 3.05) is 57.0 Å². The summed E-state index contributed by atoms with van der Waals surface area (Å²) in [5.74, 6) is 0. The Morgan fingerprint density at radius 2 is 0.647 bits per heavy atom. The highest BCUT2D eigenvalue weighted by molar-refractivity contribution is 7.30. The number of benzene rings is 4. The average molecular weight is 718 g/mol. The van der Waals surface area contributed by atoms with Crippen molar-refractivity contribution in [2.24, 2.45) is 0 Å². The molecule has 3 aromatic heterocycles. The molecule has 3 nitrogen and oxygen atoms in total. The summed E-state index contributed by atoms with van der Waals surface area (Å²) in [6.07, 6.45) is 6.18. The molecule has 0 atom stereocenters. The fraction of sp³-hybridized carbons (Fsp3) is 0.133. The molecule has 0 radical (unpaired) electrons. The lowest BCUT2D eigenvalue weighted by molar-refractivity contribution is 1.13. The van der Waals surface area contributed by atoms with Crippen LogP contribution < -0.4 is 14.7 Å². The largest absolute Gasteiger partial charge is 0.378 e. The molecule has 0 unspecified atom stereocenters. The van der Waals surface area contributed by atoms with Crippen LogP contribution in [0.3, 0.4) is 0 Å². The van der Waals surface area contributed by atoms with Crippen molar-refractivity contribution in [3.05, 3.63) is 126 Å². The van der Waals surface area contributed by atoms with E-state index >= 15 is 0 Å². The van der Waals surface area contributed by atoms with Crippen LogP contribution in [0.5, 0.6) is 0 Å². The monoisotopic (exact) mass is 717 g/mol. The highest BCUT2D eigenvalue weighted by atomic mass is 32.1. The summed E-state index contributed by atoms with van der Waals surface area (Å²) in [6, 6.07) is 26.5. The quantitative estimate of drug-likeness (QED) is 0.138. The Morgan fingerprint density at radius 1 is 0.412 bits per heavy atom. The second-order valence-electron chi connectivity index (χ2n) is 13.0. The van der Waals surface area contributed by atoms with Crippen molar-refractivity contribution in [3.8, 4) is 31.3 Å². The average Bonchev–Trinajstić information content (AvgIpc) is 3.81. The minimum absolute atomic E-state index is 1.14. The van der Waals surface area contributed by atoms with E-state index in [1.165, 1.54) is 61.6 Å². The second-order valence-corrected chi connectivity index (χ2v) is 16.1. The molecule has 0 N–H and O–H groups in total. The van der Waals surface area contributed by atoms with Crippen LogP contribution in [-0.4, -0.2) is 42.3 Å². The summed E-state index contributed by atoms with van der Waals surface area (Å²) in [6.45, 7) is 12.2. The number of thiophene rings is 3. The second kappa shape index (κ2) is 13.8. The maximum Gasteiger partial charge on any atom is 0.0463 e. The van der Waals surface area contributed by atoms with Crippen LogP contribution in [0.4, 0.5) is 17.1 Å². The summed E-state index contributed by atoms with van der Waals surface area (Å²) >= 11 is 5.53. The highest BCUT2D eigenvalue weighted by Crippen LogP contribution is 2.56. The first-order valence-corrected chi connectivity index (χ1v) is 19.0. The van der Waals surface area contributed by atoms with Crippen molar-refractivity contribution in [1.29, 1.82) is 0 Å². The fourth-order valence-corrected chi connectivity index (χ4v) is 10.9. The Bertz CT molecular complexity index is 2270. The molecule has 7 rings (SSSR count). The minimum Gasteiger partial charge on any atom is -0.378 e. The molecule has 252 valence electrons. The van der Waals surface area contributed by atoms with Crippen molar-refractivity contribution in [3.63, 3.8) is 0 Å². The normalized spacial score (nSPS) is 10.9. The van der Waals surface area contributed by atoms with Crippen molar-refractivity contribution < 1.29 is 0 Å². The van der Waals surface area contributed by atoms with E-state index in [0.29, 0.717) is 0 Å². The lowest BCUT2D eigenvalue weighted by atomic mass is 9.97. The van der Waals surface area contributed by atoms with E-state index in [-0.39, 0.29) is 0 Å². The third-order valence-corrected chi connectivity index (χ3v) is 13.0. The zero-order valence-corrected chi connectivity index (χ0v) is 32.3. The first-order valence-electron chi connectivity index (χ1n) is 16.6. The Balaban J connectivity index is 1.67. The number of nitrogens with zero attached hydrogens (tertiary/aromatic N) is 3. The van der Waals surface area contributed by atoms with Crippen molar-refractivity contribution in [2.45, 2.75) is 0 Å². The summed E-state index contributed by atoms with van der Waals surface area (Å²) < 4.78 is 3.72. The van der Waals surface area contributed by atoms with Crippen LogP contribution in [0, 0.1) is 0 Å². The molecule has 0 saturated carbocycles. The topological polar surface area (TPSA) is 9.72 Å². The Labute approximate surface area is 312 Å². The van der Waals surface area contributed by atoms with Gasteiger partial charge in [-0.1, -0.05) is 56.1 Å². The van der Waals surface area contributed by atoms with E-state index in [1.807, 2.05) is 34.0 Å². The molecule has 0 aliphatic rings. The fourth-order valence-electron chi connectivity index (χ4n) is 6.63. The predicted octanol–water partition coefficient (Wildman–Crippen LogP) is 12.9. The van der Waals surface area contributed by atoms with Gasteiger partial charge in [-0.3, -0.25) is 0 Å². The zero-order valence-electron chi connectivity index (χ0n) is 29.8. The van der Waals surface area contributed by atoms with Gasteiger partial charge in [-0.15, -0.1) is 51.2 Å². The molecule has 3 heterocycles. The molecule has 7 aromatic rings. The molecule has 0 aliphatic carbocycles. The number of fused-ring (bicyclic) bond motifs is 6. The van der Waals surface area contributed by atoms with Crippen LogP contribution in [0.15, 0.2) is 110 Å². The van der Waals surface area contributed by atoms with E-state index in [0.717, 1.165) is 33.8 Å². The van der Waals surface area contributed by atoms with Gasteiger partial charge in [-0.05, 0) is 71.3 Å². The van der Waals surface area contributed by atoms with E-state index in [9.17, 15) is 0 Å². The smallest absolute Gasteiger partial charge is 0.0463 e. The summed E-state index contributed by atoms with van der Waals surface area (Å²) in [5.41, 5.74) is 19.9. The molecule has 0 bridgehead atoms. The maximum atomic E-state index is 4.06. The van der Waals surface area contributed by atoms with Gasteiger partial charge in [0.2, 0.25) is 0 Å². The lowest BCUT2D eigenvalue weighted by Gasteiger charge is -2.12. The van der Waals surface area contributed by atoms with Gasteiger partial charge in [0, 0.05) is 121 Å². The molecule has 0 saturated heterocycles. The molecule has 6 heteroatoms. The zero-order chi connectivity index (χ0) is 36.0. The van der Waals surface area contributed by atoms with Gasteiger partial charge in [-0.25, -0.2) is 0 Å². The summed E-state index contributed by atoms with van der Waals surface area (Å²) in [5, 5.41) is 3.66. The first-order chi connectivity index (χ1) is 24.7. The van der Waals surface area contributed by atoms with Gasteiger partial charge < -0.3 is 14.7 Å². The molecule has 51 heavy (non-hydrogen) atoms. The molecule has 0 amide bonds. The molecular formula is C45H39N3S3. The van der Waals surface area contributed by atoms with E-state index in [2.05, 4.69) is 185 Å². The molecule has 0 spiro atoms. The standard InChI is InChI=1S/C45H39N3S3/c1-10-13-34-37-43(49-40(34)28-16-22-31(23-17-28)46(4)5)38-35(14-11-2)42(30-20-26-33(27-21-30)48(8)9)51-45(38)39-36(15-12-3)41(50-44(37)39)29-18-24-32(25-19-29)47(6)7/h13-27H,1-3H2,4-9H3. The Morgan fingerprint density at radius 3 is 0.843 bits per heavy atom. The molecule has 4 aromatic carbocycles. The van der Waals surface area contributed by atoms with Crippen LogP contribution in [0.1, 0.15) is 16.7 Å². The van der Waals surface area contributed by atoms with Gasteiger partial charge in [0.15, 0.2) is 0 Å². The number of anilines is 3. The minimum atomic E-state index is 1.14. The van der Waals surface area contributed by atoms with E-state index in [4.69, 9.17) is 0 Å². The Kier molecular flexibility index (Phi) is 9.25. The van der Waals surface area contributed by atoms with Gasteiger partial charge in [0.25, 0.3) is 0 Å². The first kappa shape index (κ1) is 34.2. The third kappa shape index (κ3) is 5.89. The molecule has 0 fully saturated rings. The van der Waals surface area contributed by atoms with E-state index < -0.39 is 0 Å². The van der Waals surface area contributed by atoms with Gasteiger partial charge in [-0.2, -0.15) is 0 Å². The van der Waals surface area contributed by atoms with Gasteiger partial charge in [0.1, 0.15) is 0 Å². The number of rotatable bonds is 9. The Hall–Kier alpha value is -5.28. The highest BCUT2D eigenvalue weighted by Gasteiger charge is 2.27. The number of hydrogen-bond acceptors (Lipinski definition) is 6. The maximum absolute atomic E-state index is 4.06. The van der Waals surface area contributed by atoms with Crippen LogP contribution >= 0.6 is 34.0 Å². The summed E-state index contributed by atoms with van der Waals surface area (Å²) in [4.78, 5) is 9.98. The third-order valence-electron chi connectivity index (χ3n) is 9.19. The van der Waals surface area contributed by atoms with Gasteiger partial charge in [0.05, 0.1) is 0 Å². The van der Waals surface area contributed by atoms with Crippen LogP contribution in [0.25, 0.3) is 79.8 Å². The summed E-state index contributed by atoms with van der Waals surface area (Å²) in [7, 11) is 12.4. The predicted molar refractivity (Wildman–Crippen MR) is 233 cm³/mol. The van der Waals surface area contributed by atoms with Crippen LogP contribution in [-0.2, 0) is 0 Å². The van der Waals surface area contributed by atoms with E-state index in [1.54, 1.807) is 0 Å². The van der Waals surface area contributed by atoms with Gasteiger partial charge >= 0.3 is 0 Å². The number of hydrogen-bond donors (Lipinski definition) is 0.